The van der Waals surface area contributed by atoms with Crippen LogP contribution in [0.3, 0.4) is 0 Å². The fourth-order valence-electron chi connectivity index (χ4n) is 4.69. The Morgan fingerprint density at radius 1 is 0.938 bits per heavy atom. The summed E-state index contributed by atoms with van der Waals surface area (Å²) in [5, 5.41) is 9.81. The molecule has 0 bridgehead atoms. The van der Waals surface area contributed by atoms with Crippen LogP contribution in [-0.2, 0) is 26.1 Å². The molecule has 2 aromatic carbocycles. The molecule has 6 rings (SSSR count). The first-order chi connectivity index (χ1) is 15.7. The van der Waals surface area contributed by atoms with E-state index in [1.807, 2.05) is 29.5 Å². The van der Waals surface area contributed by atoms with Crippen molar-refractivity contribution < 1.29 is 4.42 Å². The highest BCUT2D eigenvalue weighted by Gasteiger charge is 2.27. The second-order valence-corrected chi connectivity index (χ2v) is 8.78. The second-order valence-electron chi connectivity index (χ2n) is 8.39. The van der Waals surface area contributed by atoms with E-state index in [1.165, 1.54) is 16.7 Å². The molecule has 6 nitrogen and oxygen atoms in total. The number of fused-ring (bicyclic) bond motifs is 5. The van der Waals surface area contributed by atoms with Gasteiger partial charge in [-0.3, -0.25) is 9.47 Å². The molecule has 0 radical (unpaired) electrons. The van der Waals surface area contributed by atoms with E-state index in [2.05, 4.69) is 62.1 Å². The van der Waals surface area contributed by atoms with Gasteiger partial charge in [0.05, 0.1) is 18.5 Å². The maximum Gasteiger partial charge on any atom is 0.239 e. The van der Waals surface area contributed by atoms with Crippen LogP contribution in [-0.4, -0.2) is 30.6 Å². The maximum atomic E-state index is 6.46. The fraction of sp³-hybridized carbons (Fsp3) is 0.240. The Morgan fingerprint density at radius 3 is 2.34 bits per heavy atom. The van der Waals surface area contributed by atoms with Crippen molar-refractivity contribution in [3.8, 4) is 0 Å². The lowest BCUT2D eigenvalue weighted by molar-refractivity contribution is 0.223. The van der Waals surface area contributed by atoms with Gasteiger partial charge in [0.25, 0.3) is 0 Å². The van der Waals surface area contributed by atoms with Gasteiger partial charge in [0.1, 0.15) is 16.2 Å². The molecule has 0 amide bonds. The number of nitrogens with zero attached hydrogens (tertiary/aromatic N) is 5. The fourth-order valence-corrected chi connectivity index (χ4v) is 5.05. The minimum Gasteiger partial charge on any atom is -0.442 e. The van der Waals surface area contributed by atoms with Crippen molar-refractivity contribution in [3.05, 3.63) is 93.6 Å². The SMILES string of the molecule is Cc1nnc2n(Cc3ccccc3)c(=S)c3c4c(oc3n12)CN(Cc1ccccc1)CC4. The van der Waals surface area contributed by atoms with Gasteiger partial charge in [-0.05, 0) is 24.5 Å². The van der Waals surface area contributed by atoms with E-state index in [0.29, 0.717) is 6.54 Å². The van der Waals surface area contributed by atoms with Gasteiger partial charge in [-0.25, -0.2) is 4.40 Å². The molecule has 0 atom stereocenters. The molecule has 0 spiro atoms. The van der Waals surface area contributed by atoms with Gasteiger partial charge in [0.2, 0.25) is 11.5 Å². The molecule has 5 aromatic rings. The Balaban J connectivity index is 1.47. The van der Waals surface area contributed by atoms with Gasteiger partial charge < -0.3 is 4.42 Å². The summed E-state index contributed by atoms with van der Waals surface area (Å²) in [5.41, 5.74) is 4.49. The summed E-state index contributed by atoms with van der Waals surface area (Å²) in [5.74, 6) is 2.52. The standard InChI is InChI=1S/C25H23N5OS/c1-17-26-27-25-29(15-19-10-6-3-7-11-19)24(32)22-20-12-13-28(14-18-8-4-2-5-9-18)16-21(20)31-23(22)30(17)25/h2-11H,12-16H2,1H3. The van der Waals surface area contributed by atoms with Crippen LogP contribution in [0.15, 0.2) is 65.1 Å². The molecule has 160 valence electrons. The average molecular weight is 442 g/mol. The predicted molar refractivity (Wildman–Crippen MR) is 126 cm³/mol. The van der Waals surface area contributed by atoms with Gasteiger partial charge in [-0.2, -0.15) is 0 Å². The zero-order valence-electron chi connectivity index (χ0n) is 17.9. The third-order valence-electron chi connectivity index (χ3n) is 6.26. The minimum absolute atomic E-state index is 0.650. The van der Waals surface area contributed by atoms with Crippen LogP contribution in [0.4, 0.5) is 0 Å². The van der Waals surface area contributed by atoms with Crippen LogP contribution in [0.2, 0.25) is 0 Å². The number of benzene rings is 2. The van der Waals surface area contributed by atoms with Crippen LogP contribution < -0.4 is 0 Å². The number of hydrogen-bond acceptors (Lipinski definition) is 5. The lowest BCUT2D eigenvalue weighted by Gasteiger charge is -2.25. The van der Waals surface area contributed by atoms with E-state index in [0.717, 1.165) is 59.2 Å². The van der Waals surface area contributed by atoms with Crippen LogP contribution in [0, 0.1) is 11.6 Å². The predicted octanol–water partition coefficient (Wildman–Crippen LogP) is 4.92. The summed E-state index contributed by atoms with van der Waals surface area (Å²) in [4.78, 5) is 2.43. The van der Waals surface area contributed by atoms with Crippen LogP contribution in [0.5, 0.6) is 0 Å². The third kappa shape index (κ3) is 3.16. The molecular weight excluding hydrogens is 418 g/mol. The Hall–Kier alpha value is -3.29. The van der Waals surface area contributed by atoms with E-state index < -0.39 is 0 Å². The first-order valence-corrected chi connectivity index (χ1v) is 11.3. The lowest BCUT2D eigenvalue weighted by atomic mass is 10.0. The maximum absolute atomic E-state index is 6.46. The van der Waals surface area contributed by atoms with Crippen molar-refractivity contribution in [2.75, 3.05) is 6.54 Å². The Labute approximate surface area is 190 Å². The zero-order chi connectivity index (χ0) is 21.7. The Bertz CT molecular complexity index is 1480. The smallest absolute Gasteiger partial charge is 0.239 e. The number of aromatic nitrogens is 4. The lowest BCUT2D eigenvalue weighted by Crippen LogP contribution is -2.29. The molecule has 32 heavy (non-hydrogen) atoms. The monoisotopic (exact) mass is 441 g/mol. The molecule has 1 aliphatic heterocycles. The quantitative estimate of drug-likeness (QED) is 0.371. The summed E-state index contributed by atoms with van der Waals surface area (Å²) < 4.78 is 11.3. The number of furan rings is 1. The van der Waals surface area contributed by atoms with E-state index >= 15 is 0 Å². The molecule has 0 N–H and O–H groups in total. The van der Waals surface area contributed by atoms with Crippen molar-refractivity contribution in [1.29, 1.82) is 0 Å². The Kier molecular flexibility index (Phi) is 4.66. The van der Waals surface area contributed by atoms with Crippen LogP contribution in [0.1, 0.15) is 28.3 Å². The first-order valence-electron chi connectivity index (χ1n) is 10.9. The second kappa shape index (κ2) is 7.69. The molecule has 0 fully saturated rings. The number of rotatable bonds is 4. The minimum atomic E-state index is 0.650. The molecule has 0 saturated carbocycles. The van der Waals surface area contributed by atoms with Gasteiger partial charge >= 0.3 is 0 Å². The van der Waals surface area contributed by atoms with Gasteiger partial charge in [0.15, 0.2) is 0 Å². The van der Waals surface area contributed by atoms with E-state index in [4.69, 9.17) is 16.6 Å². The average Bonchev–Trinajstić information content (AvgIpc) is 3.38. The molecular formula is C25H23N5OS. The first kappa shape index (κ1) is 19.4. The summed E-state index contributed by atoms with van der Waals surface area (Å²) >= 11 is 6.01. The highest BCUT2D eigenvalue weighted by Crippen LogP contribution is 2.33. The molecule has 0 aliphatic carbocycles. The summed E-state index contributed by atoms with van der Waals surface area (Å²) in [6.07, 6.45) is 0.914. The normalized spacial score (nSPS) is 14.3. The molecule has 3 aromatic heterocycles. The van der Waals surface area contributed by atoms with Crippen LogP contribution >= 0.6 is 12.2 Å². The molecule has 0 unspecified atom stereocenters. The molecule has 0 saturated heterocycles. The Morgan fingerprint density at radius 2 is 1.62 bits per heavy atom. The third-order valence-corrected chi connectivity index (χ3v) is 6.69. The van der Waals surface area contributed by atoms with Crippen molar-refractivity contribution in [1.82, 2.24) is 24.1 Å². The summed E-state index contributed by atoms with van der Waals surface area (Å²) in [6, 6.07) is 20.9. The van der Waals surface area contributed by atoms with Crippen molar-refractivity contribution in [2.45, 2.75) is 33.0 Å². The highest BCUT2D eigenvalue weighted by molar-refractivity contribution is 7.71. The number of hydrogen-bond donors (Lipinski definition) is 0. The van der Waals surface area contributed by atoms with Crippen LogP contribution in [0.25, 0.3) is 16.9 Å². The number of aryl methyl sites for hydroxylation is 1. The van der Waals surface area contributed by atoms with E-state index in [-0.39, 0.29) is 0 Å². The molecule has 7 heteroatoms. The molecule has 1 aliphatic rings. The van der Waals surface area contributed by atoms with Gasteiger partial charge in [-0.1, -0.05) is 72.9 Å². The van der Waals surface area contributed by atoms with Crippen molar-refractivity contribution in [2.24, 2.45) is 0 Å². The van der Waals surface area contributed by atoms with E-state index in [9.17, 15) is 0 Å². The zero-order valence-corrected chi connectivity index (χ0v) is 18.7. The van der Waals surface area contributed by atoms with Gasteiger partial charge in [0, 0.05) is 18.7 Å². The largest absolute Gasteiger partial charge is 0.442 e. The van der Waals surface area contributed by atoms with Gasteiger partial charge in [-0.15, -0.1) is 10.2 Å². The van der Waals surface area contributed by atoms with Crippen molar-refractivity contribution in [3.63, 3.8) is 0 Å². The summed E-state index contributed by atoms with van der Waals surface area (Å²) in [6.45, 7) is 5.27. The highest BCUT2D eigenvalue weighted by atomic mass is 32.1. The molecule has 4 heterocycles. The van der Waals surface area contributed by atoms with E-state index in [1.54, 1.807) is 0 Å². The summed E-state index contributed by atoms with van der Waals surface area (Å²) in [7, 11) is 0. The van der Waals surface area contributed by atoms with Crippen molar-refractivity contribution >= 4 is 29.1 Å². The topological polar surface area (TPSA) is 51.5 Å².